The molecule has 0 radical (unpaired) electrons. The Kier molecular flexibility index (Phi) is 6.66. The van der Waals surface area contributed by atoms with Crippen LogP contribution in [0.2, 0.25) is 0 Å². The van der Waals surface area contributed by atoms with E-state index >= 15 is 0 Å². The predicted octanol–water partition coefficient (Wildman–Crippen LogP) is 3.09. The fraction of sp³-hybridized carbons (Fsp3) is 0.300. The monoisotopic (exact) mass is 478 g/mol. The SMILES string of the molecule is CC(=O)N1CCN(c2ccc(C(=O)NCc3cc(Br)ccc3F)cc2[N+](=O)[O-])CC1. The fourth-order valence-electron chi connectivity index (χ4n) is 3.30. The van der Waals surface area contributed by atoms with Crippen molar-refractivity contribution in [2.45, 2.75) is 13.5 Å². The predicted molar refractivity (Wildman–Crippen MR) is 113 cm³/mol. The Morgan fingerprint density at radius 2 is 1.87 bits per heavy atom. The van der Waals surface area contributed by atoms with E-state index in [9.17, 15) is 24.1 Å². The number of rotatable bonds is 5. The largest absolute Gasteiger partial charge is 0.362 e. The van der Waals surface area contributed by atoms with Crippen molar-refractivity contribution in [2.24, 2.45) is 0 Å². The molecule has 1 heterocycles. The van der Waals surface area contributed by atoms with Crippen molar-refractivity contribution in [2.75, 3.05) is 31.1 Å². The Labute approximate surface area is 180 Å². The standard InChI is InChI=1S/C20H20BrFN4O4/c1-13(27)24-6-8-25(9-7-24)18-5-2-14(11-19(18)26(29)30)20(28)23-12-15-10-16(21)3-4-17(15)22/h2-5,10-11H,6-9,12H2,1H3,(H,23,28). The Balaban J connectivity index is 1.74. The molecule has 0 saturated carbocycles. The van der Waals surface area contributed by atoms with Gasteiger partial charge in [-0.2, -0.15) is 0 Å². The lowest BCUT2D eigenvalue weighted by atomic mass is 10.1. The van der Waals surface area contributed by atoms with Gasteiger partial charge in [-0.25, -0.2) is 4.39 Å². The van der Waals surface area contributed by atoms with E-state index in [1.807, 2.05) is 4.90 Å². The lowest BCUT2D eigenvalue weighted by molar-refractivity contribution is -0.384. The van der Waals surface area contributed by atoms with Gasteiger partial charge in [-0.1, -0.05) is 15.9 Å². The van der Waals surface area contributed by atoms with E-state index in [1.165, 1.54) is 31.2 Å². The maximum atomic E-state index is 13.8. The molecule has 0 spiro atoms. The van der Waals surface area contributed by atoms with Gasteiger partial charge in [-0.05, 0) is 30.3 Å². The first-order chi connectivity index (χ1) is 14.3. The summed E-state index contributed by atoms with van der Waals surface area (Å²) in [5, 5.41) is 14.2. The van der Waals surface area contributed by atoms with E-state index in [4.69, 9.17) is 0 Å². The molecular formula is C20H20BrFN4O4. The summed E-state index contributed by atoms with van der Waals surface area (Å²) in [7, 11) is 0. The second-order valence-electron chi connectivity index (χ2n) is 6.87. The van der Waals surface area contributed by atoms with Gasteiger partial charge in [-0.3, -0.25) is 19.7 Å². The lowest BCUT2D eigenvalue weighted by Crippen LogP contribution is -2.48. The molecule has 1 fully saturated rings. The molecule has 3 rings (SSSR count). The number of carbonyl (C=O) groups is 2. The van der Waals surface area contributed by atoms with Crippen LogP contribution in [0.3, 0.4) is 0 Å². The molecule has 0 aromatic heterocycles. The summed E-state index contributed by atoms with van der Waals surface area (Å²) >= 11 is 3.25. The number of amides is 2. The molecule has 1 aliphatic heterocycles. The molecule has 2 aromatic rings. The Morgan fingerprint density at radius 1 is 1.17 bits per heavy atom. The van der Waals surface area contributed by atoms with Crippen LogP contribution in [0, 0.1) is 15.9 Å². The molecular weight excluding hydrogens is 459 g/mol. The van der Waals surface area contributed by atoms with E-state index < -0.39 is 16.6 Å². The summed E-state index contributed by atoms with van der Waals surface area (Å²) in [6.45, 7) is 3.33. The zero-order valence-electron chi connectivity index (χ0n) is 16.2. The van der Waals surface area contributed by atoms with Gasteiger partial charge in [-0.15, -0.1) is 0 Å². The van der Waals surface area contributed by atoms with Crippen LogP contribution in [-0.4, -0.2) is 47.8 Å². The summed E-state index contributed by atoms with van der Waals surface area (Å²) in [6, 6.07) is 8.67. The van der Waals surface area contributed by atoms with Crippen molar-refractivity contribution in [3.63, 3.8) is 0 Å². The molecule has 2 aromatic carbocycles. The first-order valence-electron chi connectivity index (χ1n) is 9.27. The van der Waals surface area contributed by atoms with Crippen LogP contribution in [-0.2, 0) is 11.3 Å². The molecule has 0 aliphatic carbocycles. The maximum absolute atomic E-state index is 13.8. The van der Waals surface area contributed by atoms with E-state index in [1.54, 1.807) is 17.0 Å². The van der Waals surface area contributed by atoms with Crippen LogP contribution in [0.5, 0.6) is 0 Å². The maximum Gasteiger partial charge on any atom is 0.293 e. The highest BCUT2D eigenvalue weighted by atomic mass is 79.9. The van der Waals surface area contributed by atoms with Crippen molar-refractivity contribution in [3.8, 4) is 0 Å². The highest BCUT2D eigenvalue weighted by Crippen LogP contribution is 2.30. The molecule has 0 unspecified atom stereocenters. The molecule has 158 valence electrons. The highest BCUT2D eigenvalue weighted by molar-refractivity contribution is 9.10. The average Bonchev–Trinajstić information content (AvgIpc) is 2.73. The number of nitrogens with zero attached hydrogens (tertiary/aromatic N) is 3. The summed E-state index contributed by atoms with van der Waals surface area (Å²) in [5.74, 6) is -1.02. The number of nitrogens with one attached hydrogen (secondary N) is 1. The number of hydrogen-bond acceptors (Lipinski definition) is 5. The van der Waals surface area contributed by atoms with Crippen molar-refractivity contribution in [3.05, 3.63) is 67.9 Å². The Bertz CT molecular complexity index is 993. The zero-order valence-corrected chi connectivity index (χ0v) is 17.8. The van der Waals surface area contributed by atoms with E-state index in [0.717, 1.165) is 0 Å². The van der Waals surface area contributed by atoms with Gasteiger partial charge in [0.1, 0.15) is 11.5 Å². The quantitative estimate of drug-likeness (QED) is 0.526. The smallest absolute Gasteiger partial charge is 0.293 e. The number of piperazine rings is 1. The van der Waals surface area contributed by atoms with Gasteiger partial charge in [0.2, 0.25) is 5.91 Å². The first-order valence-corrected chi connectivity index (χ1v) is 10.1. The number of nitro benzene ring substituents is 1. The van der Waals surface area contributed by atoms with E-state index in [-0.39, 0.29) is 23.7 Å². The molecule has 8 nitrogen and oxygen atoms in total. The summed E-state index contributed by atoms with van der Waals surface area (Å²) in [5.41, 5.74) is 0.626. The van der Waals surface area contributed by atoms with Crippen LogP contribution >= 0.6 is 15.9 Å². The third-order valence-electron chi connectivity index (χ3n) is 4.95. The summed E-state index contributed by atoms with van der Waals surface area (Å²) in [6.07, 6.45) is 0. The van der Waals surface area contributed by atoms with E-state index in [0.29, 0.717) is 41.9 Å². The van der Waals surface area contributed by atoms with Crippen molar-refractivity contribution < 1.29 is 18.9 Å². The Hall–Kier alpha value is -3.01. The van der Waals surface area contributed by atoms with Crippen LogP contribution in [0.4, 0.5) is 15.8 Å². The third-order valence-corrected chi connectivity index (χ3v) is 5.44. The Morgan fingerprint density at radius 3 is 2.50 bits per heavy atom. The van der Waals surface area contributed by atoms with Crippen molar-refractivity contribution in [1.29, 1.82) is 0 Å². The number of benzene rings is 2. The lowest BCUT2D eigenvalue weighted by Gasteiger charge is -2.35. The molecule has 0 bridgehead atoms. The van der Waals surface area contributed by atoms with Gasteiger partial charge in [0, 0.05) is 61.3 Å². The molecule has 1 aliphatic rings. The molecule has 1 N–H and O–H groups in total. The zero-order chi connectivity index (χ0) is 21.8. The van der Waals surface area contributed by atoms with Crippen molar-refractivity contribution >= 4 is 39.1 Å². The molecule has 2 amide bonds. The second kappa shape index (κ2) is 9.21. The van der Waals surface area contributed by atoms with Crippen LogP contribution < -0.4 is 10.2 Å². The second-order valence-corrected chi connectivity index (χ2v) is 7.79. The normalized spacial score (nSPS) is 13.8. The van der Waals surface area contributed by atoms with Crippen LogP contribution in [0.15, 0.2) is 40.9 Å². The molecule has 30 heavy (non-hydrogen) atoms. The number of carbonyl (C=O) groups excluding carboxylic acids is 2. The van der Waals surface area contributed by atoms with Gasteiger partial charge in [0.05, 0.1) is 4.92 Å². The highest BCUT2D eigenvalue weighted by Gasteiger charge is 2.26. The van der Waals surface area contributed by atoms with Gasteiger partial charge in [0.25, 0.3) is 11.6 Å². The molecule has 1 saturated heterocycles. The summed E-state index contributed by atoms with van der Waals surface area (Å²) < 4.78 is 14.5. The van der Waals surface area contributed by atoms with Gasteiger partial charge < -0.3 is 15.1 Å². The minimum Gasteiger partial charge on any atom is -0.362 e. The van der Waals surface area contributed by atoms with Crippen molar-refractivity contribution in [1.82, 2.24) is 10.2 Å². The molecule has 10 heteroatoms. The van der Waals surface area contributed by atoms with Gasteiger partial charge in [0.15, 0.2) is 0 Å². The van der Waals surface area contributed by atoms with Gasteiger partial charge >= 0.3 is 0 Å². The number of nitro groups is 1. The van der Waals surface area contributed by atoms with E-state index in [2.05, 4.69) is 21.2 Å². The summed E-state index contributed by atoms with van der Waals surface area (Å²) in [4.78, 5) is 38.5. The molecule has 0 atom stereocenters. The minimum atomic E-state index is -0.537. The average molecular weight is 479 g/mol. The topological polar surface area (TPSA) is 95.8 Å². The van der Waals surface area contributed by atoms with Crippen LogP contribution in [0.1, 0.15) is 22.8 Å². The number of anilines is 1. The van der Waals surface area contributed by atoms with Crippen LogP contribution in [0.25, 0.3) is 0 Å². The fourth-order valence-corrected chi connectivity index (χ4v) is 3.71. The third kappa shape index (κ3) is 4.93. The number of halogens is 2. The minimum absolute atomic E-state index is 0.0296. The number of hydrogen-bond donors (Lipinski definition) is 1. The first kappa shape index (κ1) is 21.7.